The lowest BCUT2D eigenvalue weighted by Gasteiger charge is -2.34. The summed E-state index contributed by atoms with van der Waals surface area (Å²) in [6.07, 6.45) is 12.9. The Labute approximate surface area is 430 Å². The average Bonchev–Trinajstić information content (AvgIpc) is 3.79. The molecule has 0 aromatic heterocycles. The van der Waals surface area contributed by atoms with Crippen molar-refractivity contribution >= 4 is 11.1 Å². The molecule has 13 rings (SSSR count). The molecule has 0 nitrogen and oxygen atoms in total. The highest BCUT2D eigenvalue weighted by Crippen LogP contribution is 2.57. The molecule has 0 amide bonds. The molecule has 346 valence electrons. The zero-order valence-corrected chi connectivity index (χ0v) is 40.8. The smallest absolute Gasteiger partial charge is 0.0713 e. The fourth-order valence-electron chi connectivity index (χ4n) is 12.1. The van der Waals surface area contributed by atoms with E-state index in [1.165, 1.54) is 117 Å². The lowest BCUT2D eigenvalue weighted by atomic mass is 9.67. The van der Waals surface area contributed by atoms with E-state index in [2.05, 4.69) is 285 Å². The van der Waals surface area contributed by atoms with E-state index in [0.29, 0.717) is 5.92 Å². The number of fused-ring (bicyclic) bond motifs is 3. The zero-order chi connectivity index (χ0) is 48.6. The van der Waals surface area contributed by atoms with Crippen LogP contribution in [0.4, 0.5) is 0 Å². The molecule has 0 N–H and O–H groups in total. The highest BCUT2D eigenvalue weighted by Gasteiger charge is 2.46. The first-order chi connectivity index (χ1) is 36.2. The van der Waals surface area contributed by atoms with Crippen LogP contribution >= 0.6 is 0 Å². The SMILES string of the molecule is C1=C(C2=CC(c3ccccc3)CC(c3ccccc3)=C2)C=C(c2cccc(C3(c4cccc(-c5cccc(-c6cc(-c7ccccc7)cc(-c7ccccc7)c6)c5)c4)c4ccccc4-c4ccccc43)c2)CC1. The minimum atomic E-state index is -0.554. The lowest BCUT2D eigenvalue weighted by molar-refractivity contribution is 0.768. The zero-order valence-electron chi connectivity index (χ0n) is 40.8. The summed E-state index contributed by atoms with van der Waals surface area (Å²) in [5.41, 5.74) is 26.2. The number of hydrogen-bond donors (Lipinski definition) is 0. The summed E-state index contributed by atoms with van der Waals surface area (Å²) < 4.78 is 0. The maximum Gasteiger partial charge on any atom is 0.0713 e. The summed E-state index contributed by atoms with van der Waals surface area (Å²) in [6, 6.07) is 96.7. The molecule has 73 heavy (non-hydrogen) atoms. The van der Waals surface area contributed by atoms with Crippen LogP contribution in [0.2, 0.25) is 0 Å². The largest absolute Gasteiger partial charge is 0.0763 e. The molecule has 0 heteroatoms. The minimum absolute atomic E-state index is 0.304. The Balaban J connectivity index is 0.918. The Morgan fingerprint density at radius 1 is 0.315 bits per heavy atom. The van der Waals surface area contributed by atoms with Gasteiger partial charge in [-0.05, 0) is 173 Å². The second-order valence-corrected chi connectivity index (χ2v) is 19.9. The second-order valence-electron chi connectivity index (χ2n) is 19.9. The average molecular weight is 931 g/mol. The van der Waals surface area contributed by atoms with E-state index in [-0.39, 0.29) is 0 Å². The topological polar surface area (TPSA) is 0 Å². The molecule has 0 heterocycles. The molecule has 0 radical (unpaired) electrons. The van der Waals surface area contributed by atoms with Gasteiger partial charge in [-0.2, -0.15) is 0 Å². The highest BCUT2D eigenvalue weighted by atomic mass is 14.5. The summed E-state index contributed by atoms with van der Waals surface area (Å²) in [5.74, 6) is 0.304. The van der Waals surface area contributed by atoms with Crippen molar-refractivity contribution in [3.05, 3.63) is 335 Å². The van der Waals surface area contributed by atoms with Crippen molar-refractivity contribution in [3.63, 3.8) is 0 Å². The van der Waals surface area contributed by atoms with Gasteiger partial charge in [0.2, 0.25) is 0 Å². The number of allylic oxidation sites excluding steroid dienone is 8. The molecule has 10 aromatic carbocycles. The lowest BCUT2D eigenvalue weighted by Crippen LogP contribution is -2.28. The van der Waals surface area contributed by atoms with Crippen LogP contribution in [0, 0.1) is 0 Å². The molecule has 0 saturated carbocycles. The Bertz CT molecular complexity index is 3690. The number of hydrogen-bond acceptors (Lipinski definition) is 0. The van der Waals surface area contributed by atoms with Crippen LogP contribution in [0.5, 0.6) is 0 Å². The number of benzene rings is 10. The van der Waals surface area contributed by atoms with Gasteiger partial charge >= 0.3 is 0 Å². The van der Waals surface area contributed by atoms with Gasteiger partial charge in [-0.1, -0.05) is 249 Å². The second kappa shape index (κ2) is 19.1. The van der Waals surface area contributed by atoms with Crippen LogP contribution in [0.25, 0.3) is 66.8 Å². The van der Waals surface area contributed by atoms with Crippen LogP contribution in [-0.2, 0) is 5.41 Å². The van der Waals surface area contributed by atoms with Gasteiger partial charge in [0.05, 0.1) is 5.41 Å². The molecule has 1 atom stereocenters. The standard InChI is InChI=1S/C73H54/c1-5-21-51(22-6-1)61-43-62(52-23-7-2-8-24-52)46-65(45-61)57-31-17-29-55(41-57)59-33-19-35-67(49-59)73(71-39-15-13-37-69(71)70-38-14-16-40-72(70)73)68-36-20-34-60(50-68)56-30-18-32-58(42-56)66-47-63(53-25-9-3-10-26-53)44-64(48-66)54-27-11-4-12-28-54/h1-17,19-29,31-43,45-50,63H,18,30,44H2. The van der Waals surface area contributed by atoms with Crippen molar-refractivity contribution < 1.29 is 0 Å². The Morgan fingerprint density at radius 2 is 0.740 bits per heavy atom. The molecular weight excluding hydrogens is 877 g/mol. The van der Waals surface area contributed by atoms with Crippen molar-refractivity contribution in [1.29, 1.82) is 0 Å². The maximum absolute atomic E-state index is 2.51. The third-order valence-electron chi connectivity index (χ3n) is 15.6. The first-order valence-corrected chi connectivity index (χ1v) is 25.9. The summed E-state index contributed by atoms with van der Waals surface area (Å²) >= 11 is 0. The van der Waals surface area contributed by atoms with E-state index < -0.39 is 5.41 Å². The normalized spacial score (nSPS) is 15.5. The van der Waals surface area contributed by atoms with Crippen LogP contribution in [-0.4, -0.2) is 0 Å². The highest BCUT2D eigenvalue weighted by molar-refractivity contribution is 5.88. The van der Waals surface area contributed by atoms with Crippen LogP contribution < -0.4 is 0 Å². The molecule has 0 spiro atoms. The Hall–Kier alpha value is -8.84. The van der Waals surface area contributed by atoms with Crippen LogP contribution in [0.15, 0.2) is 296 Å². The molecular formula is C73H54. The van der Waals surface area contributed by atoms with E-state index >= 15 is 0 Å². The van der Waals surface area contributed by atoms with E-state index in [9.17, 15) is 0 Å². The first-order valence-electron chi connectivity index (χ1n) is 25.9. The van der Waals surface area contributed by atoms with Gasteiger partial charge in [0.15, 0.2) is 0 Å². The Kier molecular flexibility index (Phi) is 11.5. The van der Waals surface area contributed by atoms with Gasteiger partial charge < -0.3 is 0 Å². The molecule has 1 unspecified atom stereocenters. The monoisotopic (exact) mass is 930 g/mol. The molecule has 0 bridgehead atoms. The number of rotatable bonds is 10. The summed E-state index contributed by atoms with van der Waals surface area (Å²) in [7, 11) is 0. The van der Waals surface area contributed by atoms with E-state index in [0.717, 1.165) is 19.3 Å². The molecule has 3 aliphatic rings. The predicted octanol–water partition coefficient (Wildman–Crippen LogP) is 19.0. The van der Waals surface area contributed by atoms with E-state index in [1.807, 2.05) is 0 Å². The van der Waals surface area contributed by atoms with Gasteiger partial charge in [-0.15, -0.1) is 0 Å². The molecule has 0 saturated heterocycles. The van der Waals surface area contributed by atoms with Crippen LogP contribution in [0.1, 0.15) is 64.1 Å². The van der Waals surface area contributed by atoms with Crippen molar-refractivity contribution in [3.8, 4) is 55.6 Å². The summed E-state index contributed by atoms with van der Waals surface area (Å²) in [6.45, 7) is 0. The van der Waals surface area contributed by atoms with Gasteiger partial charge in [0, 0.05) is 5.92 Å². The fraction of sp³-hybridized carbons (Fsp3) is 0.0685. The molecule has 10 aromatic rings. The van der Waals surface area contributed by atoms with Gasteiger partial charge in [0.1, 0.15) is 0 Å². The van der Waals surface area contributed by atoms with E-state index in [4.69, 9.17) is 0 Å². The minimum Gasteiger partial charge on any atom is -0.0763 e. The molecule has 0 fully saturated rings. The quantitative estimate of drug-likeness (QED) is 0.128. The third kappa shape index (κ3) is 8.26. The predicted molar refractivity (Wildman–Crippen MR) is 307 cm³/mol. The van der Waals surface area contributed by atoms with E-state index in [1.54, 1.807) is 0 Å². The van der Waals surface area contributed by atoms with Gasteiger partial charge in [-0.3, -0.25) is 0 Å². The first kappa shape index (κ1) is 44.1. The van der Waals surface area contributed by atoms with Gasteiger partial charge in [-0.25, -0.2) is 0 Å². The molecule has 3 aliphatic carbocycles. The van der Waals surface area contributed by atoms with Crippen molar-refractivity contribution in [1.82, 2.24) is 0 Å². The Morgan fingerprint density at radius 3 is 1.34 bits per heavy atom. The van der Waals surface area contributed by atoms with Crippen molar-refractivity contribution in [2.45, 2.75) is 30.6 Å². The summed E-state index contributed by atoms with van der Waals surface area (Å²) in [5, 5.41) is 0. The third-order valence-corrected chi connectivity index (χ3v) is 15.6. The van der Waals surface area contributed by atoms with Crippen LogP contribution in [0.3, 0.4) is 0 Å². The maximum atomic E-state index is 2.51. The fourth-order valence-corrected chi connectivity index (χ4v) is 12.1. The molecule has 0 aliphatic heterocycles. The van der Waals surface area contributed by atoms with Crippen molar-refractivity contribution in [2.24, 2.45) is 0 Å². The van der Waals surface area contributed by atoms with Crippen molar-refractivity contribution in [2.75, 3.05) is 0 Å². The summed E-state index contributed by atoms with van der Waals surface area (Å²) in [4.78, 5) is 0. The van der Waals surface area contributed by atoms with Gasteiger partial charge in [0.25, 0.3) is 0 Å².